The van der Waals surface area contributed by atoms with Crippen LogP contribution in [0.3, 0.4) is 0 Å². The van der Waals surface area contributed by atoms with Gasteiger partial charge >= 0.3 is 0 Å². The van der Waals surface area contributed by atoms with Crippen LogP contribution in [0.5, 0.6) is 0 Å². The number of rotatable bonds is 3. The van der Waals surface area contributed by atoms with Crippen molar-refractivity contribution < 1.29 is 8.76 Å². The Hall–Kier alpha value is -1.23. The van der Waals surface area contributed by atoms with Crippen molar-refractivity contribution in [1.29, 1.82) is 0 Å². The lowest BCUT2D eigenvalue weighted by atomic mass is 10.1. The van der Waals surface area contributed by atoms with Crippen LogP contribution in [0.4, 0.5) is 0 Å². The van der Waals surface area contributed by atoms with Crippen molar-refractivity contribution in [2.24, 2.45) is 0 Å². The third-order valence-electron chi connectivity index (χ3n) is 2.21. The van der Waals surface area contributed by atoms with E-state index in [1.807, 2.05) is 42.5 Å². The first-order chi connectivity index (χ1) is 7.25. The van der Waals surface area contributed by atoms with Crippen molar-refractivity contribution in [1.82, 2.24) is 4.72 Å². The second-order valence-electron chi connectivity index (χ2n) is 3.24. The van der Waals surface area contributed by atoms with Crippen LogP contribution < -0.4 is 4.72 Å². The van der Waals surface area contributed by atoms with Gasteiger partial charge in [0, 0.05) is 17.8 Å². The zero-order valence-corrected chi connectivity index (χ0v) is 8.79. The molecule has 0 radical (unpaired) electrons. The first kappa shape index (κ1) is 10.3. The Bertz CT molecular complexity index is 499. The van der Waals surface area contributed by atoms with Crippen molar-refractivity contribution in [2.45, 2.75) is 6.54 Å². The SMILES string of the molecule is O=S([O-])NCc1ccc2ccccc2c1. The second kappa shape index (κ2) is 4.53. The monoisotopic (exact) mass is 220 g/mol. The van der Waals surface area contributed by atoms with E-state index in [0.29, 0.717) is 6.54 Å². The molecule has 0 fully saturated rings. The van der Waals surface area contributed by atoms with Gasteiger partial charge in [0.2, 0.25) is 0 Å². The van der Waals surface area contributed by atoms with Gasteiger partial charge in [-0.1, -0.05) is 36.4 Å². The van der Waals surface area contributed by atoms with E-state index >= 15 is 0 Å². The smallest absolute Gasteiger partial charge is 0.0322 e. The van der Waals surface area contributed by atoms with Crippen LogP contribution in [-0.2, 0) is 17.8 Å². The van der Waals surface area contributed by atoms with Crippen molar-refractivity contribution in [3.8, 4) is 0 Å². The minimum atomic E-state index is -2.20. The van der Waals surface area contributed by atoms with E-state index in [4.69, 9.17) is 0 Å². The summed E-state index contributed by atoms with van der Waals surface area (Å²) < 4.78 is 23.0. The van der Waals surface area contributed by atoms with Crippen molar-refractivity contribution in [3.63, 3.8) is 0 Å². The van der Waals surface area contributed by atoms with Crippen LogP contribution in [0.1, 0.15) is 5.56 Å². The normalized spacial score (nSPS) is 12.9. The molecular formula is C11H10NO2S-. The maximum absolute atomic E-state index is 10.3. The van der Waals surface area contributed by atoms with E-state index in [1.165, 1.54) is 0 Å². The van der Waals surface area contributed by atoms with Crippen LogP contribution in [0, 0.1) is 0 Å². The Labute approximate surface area is 90.5 Å². The molecule has 0 aromatic heterocycles. The fourth-order valence-corrected chi connectivity index (χ4v) is 1.78. The molecule has 4 heteroatoms. The van der Waals surface area contributed by atoms with Gasteiger partial charge in [-0.3, -0.25) is 4.21 Å². The molecule has 0 amide bonds. The number of nitrogens with one attached hydrogen (secondary N) is 1. The third kappa shape index (κ3) is 2.62. The minimum Gasteiger partial charge on any atom is -0.760 e. The van der Waals surface area contributed by atoms with Crippen LogP contribution in [0.15, 0.2) is 42.5 Å². The van der Waals surface area contributed by atoms with E-state index < -0.39 is 11.3 Å². The van der Waals surface area contributed by atoms with Crippen molar-refractivity contribution in [3.05, 3.63) is 48.0 Å². The molecule has 78 valence electrons. The molecule has 0 heterocycles. The predicted octanol–water partition coefficient (Wildman–Crippen LogP) is 1.72. The van der Waals surface area contributed by atoms with Gasteiger partial charge in [0.25, 0.3) is 0 Å². The molecule has 0 saturated heterocycles. The minimum absolute atomic E-state index is 0.334. The largest absolute Gasteiger partial charge is 0.760 e. The van der Waals surface area contributed by atoms with Crippen molar-refractivity contribution >= 4 is 22.0 Å². The predicted molar refractivity (Wildman–Crippen MR) is 59.7 cm³/mol. The first-order valence-corrected chi connectivity index (χ1v) is 5.63. The second-order valence-corrected chi connectivity index (χ2v) is 4.00. The molecule has 0 aliphatic carbocycles. The molecule has 0 aliphatic rings. The topological polar surface area (TPSA) is 52.2 Å². The first-order valence-electron chi connectivity index (χ1n) is 4.56. The molecule has 15 heavy (non-hydrogen) atoms. The fourth-order valence-electron chi connectivity index (χ4n) is 1.49. The molecule has 2 rings (SSSR count). The summed E-state index contributed by atoms with van der Waals surface area (Å²) in [5.41, 5.74) is 0.956. The van der Waals surface area contributed by atoms with Crippen molar-refractivity contribution in [2.75, 3.05) is 0 Å². The number of benzene rings is 2. The molecule has 0 saturated carbocycles. The van der Waals surface area contributed by atoms with Gasteiger partial charge < -0.3 is 4.55 Å². The Morgan fingerprint density at radius 2 is 1.87 bits per heavy atom. The maximum Gasteiger partial charge on any atom is 0.0322 e. The highest BCUT2D eigenvalue weighted by Gasteiger charge is 1.95. The lowest BCUT2D eigenvalue weighted by molar-refractivity contribution is 0.522. The summed E-state index contributed by atoms with van der Waals surface area (Å²) in [5.74, 6) is 0. The van der Waals surface area contributed by atoms with Gasteiger partial charge in [-0.2, -0.15) is 0 Å². The van der Waals surface area contributed by atoms with E-state index in [-0.39, 0.29) is 0 Å². The zero-order chi connectivity index (χ0) is 10.7. The van der Waals surface area contributed by atoms with E-state index in [0.717, 1.165) is 16.3 Å². The molecule has 0 spiro atoms. The molecule has 0 bridgehead atoms. The Kier molecular flexibility index (Phi) is 3.11. The highest BCUT2D eigenvalue weighted by Crippen LogP contribution is 2.15. The molecule has 2 aromatic rings. The summed E-state index contributed by atoms with van der Waals surface area (Å²) in [6.07, 6.45) is 0. The Morgan fingerprint density at radius 3 is 2.60 bits per heavy atom. The standard InChI is InChI=1S/C11H11NO2S/c13-15(14)12-8-9-5-6-10-3-1-2-4-11(10)7-9/h1-7,12H,8H2,(H,13,14)/p-1. The summed E-state index contributed by atoms with van der Waals surface area (Å²) in [6.45, 7) is 0.334. The lowest BCUT2D eigenvalue weighted by Gasteiger charge is -2.07. The third-order valence-corrected chi connectivity index (χ3v) is 2.59. The molecule has 1 atom stereocenters. The molecule has 2 aromatic carbocycles. The highest BCUT2D eigenvalue weighted by atomic mass is 32.2. The van der Waals surface area contributed by atoms with Gasteiger partial charge in [-0.15, -0.1) is 0 Å². The highest BCUT2D eigenvalue weighted by molar-refractivity contribution is 7.77. The Morgan fingerprint density at radius 1 is 1.13 bits per heavy atom. The Balaban J connectivity index is 2.26. The summed E-state index contributed by atoms with van der Waals surface area (Å²) in [4.78, 5) is 0. The van der Waals surface area contributed by atoms with Gasteiger partial charge in [0.05, 0.1) is 0 Å². The maximum atomic E-state index is 10.3. The molecule has 1 N–H and O–H groups in total. The van der Waals surface area contributed by atoms with Gasteiger partial charge in [0.1, 0.15) is 0 Å². The lowest BCUT2D eigenvalue weighted by Crippen LogP contribution is -2.15. The van der Waals surface area contributed by atoms with Crippen LogP contribution in [-0.4, -0.2) is 8.76 Å². The molecule has 1 unspecified atom stereocenters. The van der Waals surface area contributed by atoms with Gasteiger partial charge in [-0.25, -0.2) is 4.72 Å². The summed E-state index contributed by atoms with van der Waals surface area (Å²) in [7, 11) is 0. The fraction of sp³-hybridized carbons (Fsp3) is 0.0909. The number of hydrogen-bond donors (Lipinski definition) is 1. The number of fused-ring (bicyclic) bond motifs is 1. The summed E-state index contributed by atoms with van der Waals surface area (Å²) >= 11 is -2.20. The van der Waals surface area contributed by atoms with Crippen LogP contribution >= 0.6 is 0 Å². The average molecular weight is 220 g/mol. The average Bonchev–Trinajstić information content (AvgIpc) is 2.26. The molecule has 3 nitrogen and oxygen atoms in total. The van der Waals surface area contributed by atoms with Crippen LogP contribution in [0.2, 0.25) is 0 Å². The molecular weight excluding hydrogens is 210 g/mol. The van der Waals surface area contributed by atoms with E-state index in [2.05, 4.69) is 4.72 Å². The number of hydrogen-bond acceptors (Lipinski definition) is 2. The quantitative estimate of drug-likeness (QED) is 0.801. The summed E-state index contributed by atoms with van der Waals surface area (Å²) in [5, 5.41) is 2.28. The van der Waals surface area contributed by atoms with Crippen LogP contribution in [0.25, 0.3) is 10.8 Å². The zero-order valence-electron chi connectivity index (χ0n) is 7.97. The van der Waals surface area contributed by atoms with E-state index in [1.54, 1.807) is 0 Å². The summed E-state index contributed by atoms with van der Waals surface area (Å²) in [6, 6.07) is 13.9. The van der Waals surface area contributed by atoms with Gasteiger partial charge in [-0.05, 0) is 22.4 Å². The van der Waals surface area contributed by atoms with E-state index in [9.17, 15) is 8.76 Å². The molecule has 0 aliphatic heterocycles. The van der Waals surface area contributed by atoms with Gasteiger partial charge in [0.15, 0.2) is 0 Å².